The molecule has 0 bridgehead atoms. The molecular weight excluding hydrogens is 934 g/mol. The van der Waals surface area contributed by atoms with Crippen LogP contribution in [0.25, 0.3) is 17.1 Å². The molecule has 5 heterocycles. The highest BCUT2D eigenvalue weighted by Crippen LogP contribution is 2.27. The third kappa shape index (κ3) is 12.9. The van der Waals surface area contributed by atoms with Crippen LogP contribution in [0.15, 0.2) is 172 Å². The smallest absolute Gasteiger partial charge is 0.183 e. The summed E-state index contributed by atoms with van der Waals surface area (Å²) in [5.74, 6) is -0.209. The first-order valence-electron chi connectivity index (χ1n) is 16.9. The van der Waals surface area contributed by atoms with Crippen LogP contribution in [0.2, 0.25) is 8.93 Å². The first kappa shape index (κ1) is 41.8. The standard InChI is InChI=1S/C13H10ClN3OS.C13H10ClN3S.C9H7BrN2.C6H4BrF/c14-13-16-11(8-19-13)12(18)9-3-1-4-10(7-9)17-6-2-5-15-17;14-13-16-11(9-18-13)7-10-3-1-4-12(8-10)17-6-2-5-15-17;10-8-3-1-4-9(7-8)12-6-2-5-11-12;7-5-2-1-3-6(8)4-5/h1-8,12,18H;1-6,8-9H,7H2;1-7H;1-4H. The predicted molar refractivity (Wildman–Crippen MR) is 234 cm³/mol. The monoisotopic (exact) mass is 962 g/mol. The van der Waals surface area contributed by atoms with Crippen molar-refractivity contribution in [2.75, 3.05) is 0 Å². The van der Waals surface area contributed by atoms with Gasteiger partial charge in [0.2, 0.25) is 0 Å². The zero-order valence-corrected chi connectivity index (χ0v) is 35.9. The van der Waals surface area contributed by atoms with Gasteiger partial charge in [-0.2, -0.15) is 15.3 Å². The summed E-state index contributed by atoms with van der Waals surface area (Å²) in [6.45, 7) is 0. The van der Waals surface area contributed by atoms with E-state index in [9.17, 15) is 9.50 Å². The number of hydrogen-bond acceptors (Lipinski definition) is 8. The summed E-state index contributed by atoms with van der Waals surface area (Å²) >= 11 is 20.9. The molecule has 288 valence electrons. The van der Waals surface area contributed by atoms with E-state index < -0.39 is 6.10 Å². The maximum absolute atomic E-state index is 12.1. The van der Waals surface area contributed by atoms with Crippen LogP contribution in [0.1, 0.15) is 28.6 Å². The van der Waals surface area contributed by atoms with Crippen LogP contribution in [0, 0.1) is 5.82 Å². The molecule has 0 spiro atoms. The molecule has 0 aliphatic heterocycles. The van der Waals surface area contributed by atoms with Gasteiger partial charge in [-0.1, -0.05) is 91.5 Å². The fourth-order valence-electron chi connectivity index (χ4n) is 5.12. The number of rotatable bonds is 7. The summed E-state index contributed by atoms with van der Waals surface area (Å²) in [5, 5.41) is 26.5. The van der Waals surface area contributed by atoms with E-state index in [4.69, 9.17) is 23.2 Å². The fourth-order valence-corrected chi connectivity index (χ4v) is 7.45. The normalized spacial score (nSPS) is 11.0. The molecule has 16 heteroatoms. The van der Waals surface area contributed by atoms with Crippen LogP contribution >= 0.6 is 77.7 Å². The van der Waals surface area contributed by atoms with Crippen molar-refractivity contribution in [3.05, 3.63) is 209 Å². The number of halogens is 5. The van der Waals surface area contributed by atoms with Crippen molar-refractivity contribution in [1.29, 1.82) is 0 Å². The van der Waals surface area contributed by atoms with Gasteiger partial charge >= 0.3 is 0 Å². The predicted octanol–water partition coefficient (Wildman–Crippen LogP) is 11.9. The fraction of sp³-hybridized carbons (Fsp3) is 0.0488. The zero-order valence-electron chi connectivity index (χ0n) is 29.6. The number of aliphatic hydroxyl groups is 1. The van der Waals surface area contributed by atoms with Gasteiger partial charge in [0.1, 0.15) is 11.9 Å². The molecule has 0 saturated carbocycles. The van der Waals surface area contributed by atoms with E-state index in [2.05, 4.69) is 69.3 Å². The van der Waals surface area contributed by atoms with Gasteiger partial charge in [0.05, 0.1) is 28.5 Å². The molecule has 9 aromatic rings. The Balaban J connectivity index is 0.000000134. The minimum Gasteiger partial charge on any atom is -0.382 e. The van der Waals surface area contributed by atoms with Crippen LogP contribution < -0.4 is 0 Å². The average Bonchev–Trinajstić information content (AvgIpc) is 4.08. The molecule has 0 aliphatic carbocycles. The largest absolute Gasteiger partial charge is 0.382 e. The van der Waals surface area contributed by atoms with Crippen LogP contribution in [-0.4, -0.2) is 44.4 Å². The molecule has 1 unspecified atom stereocenters. The second-order valence-electron chi connectivity index (χ2n) is 11.7. The van der Waals surface area contributed by atoms with Gasteiger partial charge in [0.15, 0.2) is 8.93 Å². The van der Waals surface area contributed by atoms with Gasteiger partial charge in [-0.15, -0.1) is 22.7 Å². The lowest BCUT2D eigenvalue weighted by molar-refractivity contribution is 0.216. The lowest BCUT2D eigenvalue weighted by Crippen LogP contribution is -2.02. The highest BCUT2D eigenvalue weighted by molar-refractivity contribution is 9.10. The number of benzene rings is 4. The topological polar surface area (TPSA) is 99.5 Å². The van der Waals surface area contributed by atoms with Crippen molar-refractivity contribution < 1.29 is 9.50 Å². The SMILES string of the molecule is Brc1cccc(-n2cccn2)c1.Clc1nc(Cc2cccc(-n3cccn3)c2)cs1.Fc1cccc(Br)c1.OC(c1cccc(-n2cccn2)c1)c1csc(Cl)n1. The van der Waals surface area contributed by atoms with E-state index in [0.29, 0.717) is 14.6 Å². The first-order chi connectivity index (χ1) is 27.7. The van der Waals surface area contributed by atoms with E-state index in [1.165, 1.54) is 40.4 Å². The van der Waals surface area contributed by atoms with Gasteiger partial charge in [-0.3, -0.25) is 0 Å². The third-order valence-electron chi connectivity index (χ3n) is 7.68. The molecule has 57 heavy (non-hydrogen) atoms. The lowest BCUT2D eigenvalue weighted by atomic mass is 10.1. The number of nitrogens with zero attached hydrogens (tertiary/aromatic N) is 8. The van der Waals surface area contributed by atoms with Crippen molar-refractivity contribution >= 4 is 77.7 Å². The second kappa shape index (κ2) is 21.1. The highest BCUT2D eigenvalue weighted by Gasteiger charge is 2.14. The summed E-state index contributed by atoms with van der Waals surface area (Å²) in [4.78, 5) is 8.35. The summed E-state index contributed by atoms with van der Waals surface area (Å²) in [6.07, 6.45) is 11.0. The van der Waals surface area contributed by atoms with Crippen LogP contribution in [0.5, 0.6) is 0 Å². The molecule has 0 saturated heterocycles. The van der Waals surface area contributed by atoms with E-state index >= 15 is 0 Å². The van der Waals surface area contributed by atoms with E-state index in [1.807, 2.05) is 112 Å². The maximum atomic E-state index is 12.1. The van der Waals surface area contributed by atoms with Crippen LogP contribution in [-0.2, 0) is 6.42 Å². The summed E-state index contributed by atoms with van der Waals surface area (Å²) in [5.41, 5.74) is 6.53. The van der Waals surface area contributed by atoms with Crippen molar-refractivity contribution in [3.63, 3.8) is 0 Å². The molecule has 1 N–H and O–H groups in total. The minimum absolute atomic E-state index is 0.209. The lowest BCUT2D eigenvalue weighted by Gasteiger charge is -2.10. The van der Waals surface area contributed by atoms with Crippen molar-refractivity contribution in [2.45, 2.75) is 12.5 Å². The van der Waals surface area contributed by atoms with Gasteiger partial charge in [0, 0.05) is 63.3 Å². The first-order valence-corrected chi connectivity index (χ1v) is 21.0. The van der Waals surface area contributed by atoms with Crippen LogP contribution in [0.4, 0.5) is 4.39 Å². The van der Waals surface area contributed by atoms with Crippen LogP contribution in [0.3, 0.4) is 0 Å². The Kier molecular flexibility index (Phi) is 15.5. The third-order valence-corrected chi connectivity index (χ3v) is 10.7. The van der Waals surface area contributed by atoms with Gasteiger partial charge in [0.25, 0.3) is 0 Å². The molecule has 9 rings (SSSR count). The van der Waals surface area contributed by atoms with Crippen molar-refractivity contribution in [2.24, 2.45) is 0 Å². The Labute approximate surface area is 362 Å². The Bertz CT molecular complexity index is 2550. The van der Waals surface area contributed by atoms with Gasteiger partial charge < -0.3 is 5.11 Å². The zero-order chi connectivity index (χ0) is 40.0. The maximum Gasteiger partial charge on any atom is 0.183 e. The van der Waals surface area contributed by atoms with E-state index in [-0.39, 0.29) is 5.82 Å². The number of thiazole rings is 2. The number of aliphatic hydroxyl groups excluding tert-OH is 1. The van der Waals surface area contributed by atoms with Crippen molar-refractivity contribution in [1.82, 2.24) is 39.3 Å². The van der Waals surface area contributed by atoms with E-state index in [1.54, 1.807) is 40.8 Å². The average molecular weight is 966 g/mol. The Morgan fingerprint density at radius 1 is 0.614 bits per heavy atom. The molecule has 9 nitrogen and oxygen atoms in total. The highest BCUT2D eigenvalue weighted by atomic mass is 79.9. The molecule has 0 fully saturated rings. The Morgan fingerprint density at radius 3 is 1.63 bits per heavy atom. The molecular formula is C41H31Br2Cl2FN8OS2. The molecule has 1 atom stereocenters. The van der Waals surface area contributed by atoms with E-state index in [0.717, 1.165) is 43.7 Å². The number of hydrogen-bond donors (Lipinski definition) is 1. The molecule has 5 aromatic heterocycles. The quantitative estimate of drug-likeness (QED) is 0.171. The molecule has 4 aromatic carbocycles. The molecule has 0 radical (unpaired) electrons. The molecule has 0 aliphatic rings. The summed E-state index contributed by atoms with van der Waals surface area (Å²) < 4.78 is 20.4. The second-order valence-corrected chi connectivity index (χ2v) is 16.4. The molecule has 0 amide bonds. The number of aromatic nitrogens is 8. The van der Waals surface area contributed by atoms with Gasteiger partial charge in [-0.25, -0.2) is 28.4 Å². The van der Waals surface area contributed by atoms with Gasteiger partial charge in [-0.05, 0) is 90.0 Å². The minimum atomic E-state index is -0.778. The summed E-state index contributed by atoms with van der Waals surface area (Å²) in [6, 6.07) is 35.7. The Morgan fingerprint density at radius 2 is 1.14 bits per heavy atom. The Hall–Kier alpha value is -4.80. The van der Waals surface area contributed by atoms with Crippen molar-refractivity contribution in [3.8, 4) is 17.1 Å². The summed E-state index contributed by atoms with van der Waals surface area (Å²) in [7, 11) is 0.